The predicted octanol–water partition coefficient (Wildman–Crippen LogP) is 2.89. The second-order valence-corrected chi connectivity index (χ2v) is 9.25. The third-order valence-electron chi connectivity index (χ3n) is 6.77. The zero-order chi connectivity index (χ0) is 21.8. The summed E-state index contributed by atoms with van der Waals surface area (Å²) < 4.78 is 14.2. The lowest BCUT2D eigenvalue weighted by Crippen LogP contribution is -2.61. The van der Waals surface area contributed by atoms with Gasteiger partial charge in [-0.1, -0.05) is 0 Å². The highest BCUT2D eigenvalue weighted by molar-refractivity contribution is 6.11. The number of aromatic nitrogens is 1. The Labute approximate surface area is 177 Å². The number of hydrogen-bond donors (Lipinski definition) is 1. The summed E-state index contributed by atoms with van der Waals surface area (Å²) in [7, 11) is 2.10. The highest BCUT2D eigenvalue weighted by atomic mass is 19.1. The number of aliphatic imine (C=N–C) groups is 1. The van der Waals surface area contributed by atoms with Crippen molar-refractivity contribution in [1.82, 2.24) is 19.7 Å². The van der Waals surface area contributed by atoms with E-state index < -0.39 is 11.4 Å². The van der Waals surface area contributed by atoms with Gasteiger partial charge in [0.15, 0.2) is 11.6 Å². The molecular weight excluding hydrogens is 383 g/mol. The number of pyridine rings is 1. The second kappa shape index (κ2) is 7.34. The summed E-state index contributed by atoms with van der Waals surface area (Å²) in [5.41, 5.74) is 2.38. The first kappa shape index (κ1) is 20.8. The smallest absolute Gasteiger partial charge is 0.321 e. The van der Waals surface area contributed by atoms with Crippen LogP contribution in [-0.2, 0) is 0 Å². The quantitative estimate of drug-likeness (QED) is 0.768. The Kier molecular flexibility index (Phi) is 5.08. The minimum absolute atomic E-state index is 0.0565. The largest absolute Gasteiger partial charge is 0.322 e. The highest BCUT2D eigenvalue weighted by Gasteiger charge is 2.47. The molecule has 1 aromatic heterocycles. The second-order valence-electron chi connectivity index (χ2n) is 9.25. The number of hydrogen-bond acceptors (Lipinski definition) is 5. The van der Waals surface area contributed by atoms with Crippen molar-refractivity contribution in [3.05, 3.63) is 34.8 Å². The zero-order valence-electron chi connectivity index (χ0n) is 18.7. The van der Waals surface area contributed by atoms with E-state index in [1.165, 1.54) is 6.07 Å². The number of nitrogens with zero attached hydrogens (tertiary/aromatic N) is 5. The molecule has 0 unspecified atom stereocenters. The van der Waals surface area contributed by atoms with E-state index in [-0.39, 0.29) is 17.9 Å². The van der Waals surface area contributed by atoms with E-state index >= 15 is 0 Å². The monoisotopic (exact) mass is 414 g/mol. The number of rotatable bonds is 1. The molecule has 0 radical (unpaired) electrons. The summed E-state index contributed by atoms with van der Waals surface area (Å²) in [6, 6.07) is 3.58. The molecule has 7 nitrogen and oxygen atoms in total. The molecule has 0 aromatic carbocycles. The fourth-order valence-electron chi connectivity index (χ4n) is 4.63. The molecule has 30 heavy (non-hydrogen) atoms. The van der Waals surface area contributed by atoms with Crippen LogP contribution in [0.4, 0.5) is 15.0 Å². The average molecular weight is 415 g/mol. The van der Waals surface area contributed by atoms with Crippen LogP contribution >= 0.6 is 0 Å². The first-order chi connectivity index (χ1) is 14.1. The minimum atomic E-state index is -0.440. The van der Waals surface area contributed by atoms with Crippen LogP contribution < -0.4 is 5.32 Å². The lowest BCUT2D eigenvalue weighted by Gasteiger charge is -2.46. The molecule has 4 rings (SSSR count). The third kappa shape index (κ3) is 3.37. The first-order valence-electron chi connectivity index (χ1n) is 10.6. The number of amides is 2. The Bertz CT molecular complexity index is 940. The molecule has 1 N–H and O–H groups in total. The average Bonchev–Trinajstić information content (AvgIpc) is 3.19. The number of nitrogens with one attached hydrogen (secondary N) is 1. The Morgan fingerprint density at radius 1 is 1.23 bits per heavy atom. The number of urea groups is 1. The Hall–Kier alpha value is -2.48. The van der Waals surface area contributed by atoms with Crippen molar-refractivity contribution in [1.29, 1.82) is 0 Å². The van der Waals surface area contributed by atoms with Gasteiger partial charge in [0.05, 0.1) is 18.6 Å². The molecule has 1 aromatic rings. The summed E-state index contributed by atoms with van der Waals surface area (Å²) in [6.07, 6.45) is 0. The molecule has 4 heterocycles. The number of likely N-dealkylation sites (N-methyl/N-ethyl adjacent to an activating group) is 1. The van der Waals surface area contributed by atoms with Crippen LogP contribution in [-0.4, -0.2) is 82.4 Å². The lowest BCUT2D eigenvalue weighted by molar-refractivity contribution is 0.0553. The van der Waals surface area contributed by atoms with Crippen LogP contribution in [0.5, 0.6) is 0 Å². The molecule has 0 saturated carbocycles. The molecule has 3 aliphatic rings. The third-order valence-corrected chi connectivity index (χ3v) is 6.77. The van der Waals surface area contributed by atoms with Crippen molar-refractivity contribution >= 4 is 17.7 Å². The molecule has 1 fully saturated rings. The van der Waals surface area contributed by atoms with E-state index in [0.29, 0.717) is 31.5 Å². The molecular formula is C22H31FN6O. The molecule has 0 aliphatic carbocycles. The highest BCUT2D eigenvalue weighted by Crippen LogP contribution is 2.39. The topological polar surface area (TPSA) is 64.1 Å². The molecule has 1 saturated heterocycles. The van der Waals surface area contributed by atoms with Crippen LogP contribution in [0.3, 0.4) is 0 Å². The number of anilines is 1. The number of amidine groups is 1. The minimum Gasteiger partial charge on any atom is -0.322 e. The molecule has 2 amide bonds. The zero-order valence-corrected chi connectivity index (χ0v) is 18.7. The van der Waals surface area contributed by atoms with Crippen molar-refractivity contribution < 1.29 is 9.18 Å². The lowest BCUT2D eigenvalue weighted by atomic mass is 9.94. The molecule has 8 heteroatoms. The Balaban J connectivity index is 1.55. The SMILES string of the molecule is Cc1ccc(F)c(NC2=NCC3=C2CN(C(=O)N2C[C@@H](C)N(C)C[C@@H]2C)C3(C)C)n1. The predicted molar refractivity (Wildman–Crippen MR) is 116 cm³/mol. The molecule has 162 valence electrons. The van der Waals surface area contributed by atoms with Gasteiger partial charge in [-0.3, -0.25) is 9.89 Å². The van der Waals surface area contributed by atoms with Crippen molar-refractivity contribution in [2.24, 2.45) is 4.99 Å². The summed E-state index contributed by atoms with van der Waals surface area (Å²) >= 11 is 0. The van der Waals surface area contributed by atoms with E-state index in [0.717, 1.165) is 23.4 Å². The molecule has 0 spiro atoms. The van der Waals surface area contributed by atoms with Gasteiger partial charge in [0.2, 0.25) is 0 Å². The van der Waals surface area contributed by atoms with Crippen LogP contribution in [0.1, 0.15) is 33.4 Å². The molecule has 0 bridgehead atoms. The Morgan fingerprint density at radius 3 is 2.70 bits per heavy atom. The van der Waals surface area contributed by atoms with Gasteiger partial charge < -0.3 is 15.1 Å². The van der Waals surface area contributed by atoms with Gasteiger partial charge in [-0.2, -0.15) is 0 Å². The Morgan fingerprint density at radius 2 is 1.97 bits per heavy atom. The van der Waals surface area contributed by atoms with Gasteiger partial charge >= 0.3 is 6.03 Å². The summed E-state index contributed by atoms with van der Waals surface area (Å²) in [5, 5.41) is 3.07. The van der Waals surface area contributed by atoms with Gasteiger partial charge in [0.1, 0.15) is 5.84 Å². The standard InChI is InChI=1S/C22H31FN6O/c1-13-7-8-18(23)20(25-13)26-19-16-12-29(22(4,5)17(16)9-24-19)21(30)28-11-14(2)27(6)10-15(28)3/h7-8,14-15H,9-12H2,1-6H3,(H,24,25,26)/t14-,15+/m1/s1. The molecule has 3 aliphatic heterocycles. The first-order valence-corrected chi connectivity index (χ1v) is 10.6. The summed E-state index contributed by atoms with van der Waals surface area (Å²) in [4.78, 5) is 28.6. The summed E-state index contributed by atoms with van der Waals surface area (Å²) in [6.45, 7) is 12.8. The maximum Gasteiger partial charge on any atom is 0.321 e. The fourth-order valence-corrected chi connectivity index (χ4v) is 4.63. The fraction of sp³-hybridized carbons (Fsp3) is 0.591. The molecule has 2 atom stereocenters. The van der Waals surface area contributed by atoms with Gasteiger partial charge in [-0.15, -0.1) is 0 Å². The normalized spacial score (nSPS) is 26.2. The number of carbonyl (C=O) groups is 1. The van der Waals surface area contributed by atoms with E-state index in [2.05, 4.69) is 54.9 Å². The van der Waals surface area contributed by atoms with Gasteiger partial charge in [0.25, 0.3) is 0 Å². The number of piperazine rings is 1. The maximum atomic E-state index is 14.2. The van der Waals surface area contributed by atoms with Crippen LogP contribution in [0.25, 0.3) is 0 Å². The van der Waals surface area contributed by atoms with Gasteiger partial charge in [0, 0.05) is 36.4 Å². The number of carbonyl (C=O) groups excluding carboxylic acids is 1. The summed E-state index contributed by atoms with van der Waals surface area (Å²) in [5.74, 6) is 0.375. The van der Waals surface area contributed by atoms with Crippen molar-refractivity contribution in [2.75, 3.05) is 38.5 Å². The van der Waals surface area contributed by atoms with Crippen LogP contribution in [0, 0.1) is 12.7 Å². The van der Waals surface area contributed by atoms with Crippen LogP contribution in [0.2, 0.25) is 0 Å². The van der Waals surface area contributed by atoms with Crippen LogP contribution in [0.15, 0.2) is 28.3 Å². The number of halogens is 1. The number of aryl methyl sites for hydroxylation is 1. The van der Waals surface area contributed by atoms with E-state index in [1.807, 2.05) is 16.7 Å². The van der Waals surface area contributed by atoms with Crippen molar-refractivity contribution in [3.8, 4) is 0 Å². The van der Waals surface area contributed by atoms with E-state index in [1.54, 1.807) is 6.07 Å². The maximum absolute atomic E-state index is 14.2. The van der Waals surface area contributed by atoms with Crippen molar-refractivity contribution in [2.45, 2.75) is 52.2 Å². The van der Waals surface area contributed by atoms with Gasteiger partial charge in [-0.05, 0) is 59.4 Å². The van der Waals surface area contributed by atoms with E-state index in [9.17, 15) is 9.18 Å². The van der Waals surface area contributed by atoms with E-state index in [4.69, 9.17) is 0 Å². The van der Waals surface area contributed by atoms with Gasteiger partial charge in [-0.25, -0.2) is 14.2 Å². The van der Waals surface area contributed by atoms with Crippen molar-refractivity contribution in [3.63, 3.8) is 0 Å².